The average Bonchev–Trinajstić information content (AvgIpc) is 2.87. The Kier molecular flexibility index (Phi) is 5.50. The molecule has 22 heavy (non-hydrogen) atoms. The molecule has 2 heterocycles. The maximum Gasteiger partial charge on any atom is 0.200 e. The summed E-state index contributed by atoms with van der Waals surface area (Å²) in [6.45, 7) is 1.18. The van der Waals surface area contributed by atoms with E-state index in [-0.39, 0.29) is 18.4 Å². The normalized spacial score (nSPS) is 19.5. The standard InChI is InChI=1S/C15H18N3O2S.ClH/c1-19-13-2-3-14-10(7-13)6-12(9-20-14)18-11(4-5-16)8-17-15(18)21;/h2-3,7-8,12H,4-6,9,16H2,1H3;1H/t12-;/m1./s1. The summed E-state index contributed by atoms with van der Waals surface area (Å²) in [6.07, 6.45) is 3.44. The quantitative estimate of drug-likeness (QED) is 0.847. The van der Waals surface area contributed by atoms with Crippen LogP contribution < -0.4 is 20.5 Å². The van der Waals surface area contributed by atoms with E-state index in [1.54, 1.807) is 7.11 Å². The lowest BCUT2D eigenvalue weighted by Gasteiger charge is -2.34. The van der Waals surface area contributed by atoms with Crippen LogP contribution in [-0.4, -0.2) is 36.3 Å². The number of benzene rings is 1. The first kappa shape index (κ1) is 16.9. The van der Waals surface area contributed by atoms with Gasteiger partial charge in [0.05, 0.1) is 13.2 Å². The maximum absolute atomic E-state index is 5.87. The van der Waals surface area contributed by atoms with Gasteiger partial charge in [-0.2, -0.15) is 0 Å². The molecular formula is C15H19ClN3O2S. The monoisotopic (exact) mass is 340 g/mol. The van der Waals surface area contributed by atoms with Crippen molar-refractivity contribution in [3.05, 3.63) is 35.7 Å². The molecule has 0 aromatic heterocycles. The van der Waals surface area contributed by atoms with Gasteiger partial charge in [0.15, 0.2) is 5.11 Å². The number of nitrogens with zero attached hydrogens (tertiary/aromatic N) is 2. The molecule has 3 rings (SSSR count). The molecule has 0 amide bonds. The van der Waals surface area contributed by atoms with Crippen molar-refractivity contribution in [3.63, 3.8) is 0 Å². The van der Waals surface area contributed by atoms with Crippen molar-refractivity contribution in [2.45, 2.75) is 18.9 Å². The molecule has 0 bridgehead atoms. The smallest absolute Gasteiger partial charge is 0.200 e. The predicted molar refractivity (Wildman–Crippen MR) is 91.6 cm³/mol. The van der Waals surface area contributed by atoms with E-state index >= 15 is 0 Å². The van der Waals surface area contributed by atoms with Gasteiger partial charge in [-0.1, -0.05) is 0 Å². The van der Waals surface area contributed by atoms with Crippen LogP contribution in [0.15, 0.2) is 30.1 Å². The molecule has 2 aliphatic heterocycles. The Balaban J connectivity index is 0.00000176. The topological polar surface area (TPSA) is 61.8 Å². The summed E-state index contributed by atoms with van der Waals surface area (Å²) in [4.78, 5) is 2.07. The zero-order valence-electron chi connectivity index (χ0n) is 12.3. The molecule has 1 atom stereocenters. The molecule has 119 valence electrons. The largest absolute Gasteiger partial charge is 0.497 e. The van der Waals surface area contributed by atoms with Gasteiger partial charge in [-0.05, 0) is 42.5 Å². The van der Waals surface area contributed by atoms with Gasteiger partial charge in [0.25, 0.3) is 0 Å². The van der Waals surface area contributed by atoms with Gasteiger partial charge in [0, 0.05) is 24.7 Å². The molecule has 0 saturated heterocycles. The maximum atomic E-state index is 5.87. The van der Waals surface area contributed by atoms with Gasteiger partial charge in [-0.25, -0.2) is 5.32 Å². The zero-order valence-corrected chi connectivity index (χ0v) is 14.0. The highest BCUT2D eigenvalue weighted by Gasteiger charge is 2.32. The van der Waals surface area contributed by atoms with Crippen molar-refractivity contribution >= 4 is 29.7 Å². The van der Waals surface area contributed by atoms with Crippen molar-refractivity contribution < 1.29 is 9.47 Å². The van der Waals surface area contributed by atoms with E-state index in [0.717, 1.165) is 35.6 Å². The Labute approximate surface area is 141 Å². The van der Waals surface area contributed by atoms with Crippen molar-refractivity contribution in [2.75, 3.05) is 20.3 Å². The van der Waals surface area contributed by atoms with Crippen LogP contribution in [0, 0.1) is 0 Å². The van der Waals surface area contributed by atoms with Crippen LogP contribution in [0.3, 0.4) is 0 Å². The number of nitrogens with two attached hydrogens (primary N) is 1. The number of halogens is 1. The van der Waals surface area contributed by atoms with Crippen LogP contribution in [0.2, 0.25) is 0 Å². The third-order valence-electron chi connectivity index (χ3n) is 3.76. The van der Waals surface area contributed by atoms with Gasteiger partial charge in [0.1, 0.15) is 18.1 Å². The highest BCUT2D eigenvalue weighted by Crippen LogP contribution is 2.32. The second-order valence-corrected chi connectivity index (χ2v) is 5.45. The first-order chi connectivity index (χ1) is 10.2. The van der Waals surface area contributed by atoms with Gasteiger partial charge in [-0.15, -0.1) is 12.4 Å². The van der Waals surface area contributed by atoms with E-state index < -0.39 is 0 Å². The molecule has 0 aliphatic carbocycles. The van der Waals surface area contributed by atoms with Crippen LogP contribution in [-0.2, 0) is 6.42 Å². The van der Waals surface area contributed by atoms with Gasteiger partial charge < -0.3 is 20.1 Å². The van der Waals surface area contributed by atoms with E-state index in [9.17, 15) is 0 Å². The third-order valence-corrected chi connectivity index (χ3v) is 4.06. The number of rotatable bonds is 4. The number of fused-ring (bicyclic) bond motifs is 1. The van der Waals surface area contributed by atoms with Crippen LogP contribution >= 0.6 is 24.6 Å². The highest BCUT2D eigenvalue weighted by atomic mass is 35.5. The molecule has 0 spiro atoms. The van der Waals surface area contributed by atoms with Crippen molar-refractivity contribution in [1.82, 2.24) is 10.2 Å². The summed E-state index contributed by atoms with van der Waals surface area (Å²) >= 11 is 5.35. The fourth-order valence-corrected chi connectivity index (χ4v) is 3.07. The minimum atomic E-state index is 0. The van der Waals surface area contributed by atoms with Crippen LogP contribution in [0.4, 0.5) is 0 Å². The lowest BCUT2D eigenvalue weighted by molar-refractivity contribution is 0.196. The fraction of sp³-hybridized carbons (Fsp3) is 0.400. The number of thiocarbonyl (C=S) groups is 1. The number of hydrogen-bond acceptors (Lipinski definition) is 4. The van der Waals surface area contributed by atoms with Crippen molar-refractivity contribution in [2.24, 2.45) is 5.73 Å². The third kappa shape index (κ3) is 3.14. The number of hydrogen-bond donors (Lipinski definition) is 1. The van der Waals surface area contributed by atoms with E-state index in [1.807, 2.05) is 24.4 Å². The Hall–Kier alpha value is -1.50. The minimum absolute atomic E-state index is 0. The molecule has 0 saturated carbocycles. The summed E-state index contributed by atoms with van der Waals surface area (Å²) < 4.78 is 11.1. The van der Waals surface area contributed by atoms with Crippen LogP contribution in [0.1, 0.15) is 12.0 Å². The molecule has 0 fully saturated rings. The van der Waals surface area contributed by atoms with Crippen molar-refractivity contribution in [3.8, 4) is 11.5 Å². The lowest BCUT2D eigenvalue weighted by atomic mass is 10.0. The van der Waals surface area contributed by atoms with Crippen molar-refractivity contribution in [1.29, 1.82) is 0 Å². The SMILES string of the molecule is COc1ccc2c(c1)C[C@@H](N1C(=S)[N]C=C1CCN)CO2.Cl. The Morgan fingerprint density at radius 1 is 1.50 bits per heavy atom. The molecule has 2 aliphatic rings. The average molecular weight is 341 g/mol. The van der Waals surface area contributed by atoms with Crippen LogP contribution in [0.5, 0.6) is 11.5 Å². The molecule has 1 radical (unpaired) electrons. The first-order valence-electron chi connectivity index (χ1n) is 6.96. The second kappa shape index (κ2) is 7.17. The fourth-order valence-electron chi connectivity index (χ4n) is 2.75. The second-order valence-electron chi connectivity index (χ2n) is 5.08. The molecule has 1 aromatic carbocycles. The molecule has 1 aromatic rings. The Bertz CT molecular complexity index is 594. The summed E-state index contributed by atoms with van der Waals surface area (Å²) in [5.41, 5.74) is 7.86. The first-order valence-corrected chi connectivity index (χ1v) is 7.36. The summed E-state index contributed by atoms with van der Waals surface area (Å²) in [7, 11) is 1.67. The van der Waals surface area contributed by atoms with Gasteiger partial charge >= 0.3 is 0 Å². The van der Waals surface area contributed by atoms with Crippen LogP contribution in [0.25, 0.3) is 0 Å². The summed E-state index contributed by atoms with van der Waals surface area (Å²) in [6, 6.07) is 6.04. The van der Waals surface area contributed by atoms with E-state index in [2.05, 4.69) is 10.2 Å². The Morgan fingerprint density at radius 3 is 3.05 bits per heavy atom. The molecule has 5 nitrogen and oxygen atoms in total. The van der Waals surface area contributed by atoms with E-state index in [0.29, 0.717) is 18.3 Å². The number of ether oxygens (including phenoxy) is 2. The molecule has 2 N–H and O–H groups in total. The number of methoxy groups -OCH3 is 1. The minimum Gasteiger partial charge on any atom is -0.497 e. The zero-order chi connectivity index (χ0) is 14.8. The lowest BCUT2D eigenvalue weighted by Crippen LogP contribution is -2.44. The van der Waals surface area contributed by atoms with E-state index in [4.69, 9.17) is 27.4 Å². The van der Waals surface area contributed by atoms with E-state index in [1.165, 1.54) is 0 Å². The van der Waals surface area contributed by atoms with Gasteiger partial charge in [-0.3, -0.25) is 0 Å². The Morgan fingerprint density at radius 2 is 2.32 bits per heavy atom. The van der Waals surface area contributed by atoms with Gasteiger partial charge in [0.2, 0.25) is 0 Å². The summed E-state index contributed by atoms with van der Waals surface area (Å²) in [5, 5.41) is 4.84. The molecular weight excluding hydrogens is 322 g/mol. The highest BCUT2D eigenvalue weighted by molar-refractivity contribution is 7.80. The predicted octanol–water partition coefficient (Wildman–Crippen LogP) is 1.82. The molecule has 0 unspecified atom stereocenters. The summed E-state index contributed by atoms with van der Waals surface area (Å²) in [5.74, 6) is 1.75. The molecule has 7 heteroatoms.